The molecular weight excluding hydrogens is 262 g/mol. The molecule has 20 heavy (non-hydrogen) atoms. The number of carboxylic acids is 2. The fourth-order valence-corrected chi connectivity index (χ4v) is 1.88. The minimum atomic E-state index is -1.27. The number of carbonyl (C=O) groups is 2. The Hall–Kier alpha value is -2.76. The first-order valence-corrected chi connectivity index (χ1v) is 5.95. The van der Waals surface area contributed by atoms with E-state index in [1.165, 1.54) is 18.2 Å². The first kappa shape index (κ1) is 13.7. The second kappa shape index (κ2) is 5.92. The van der Waals surface area contributed by atoms with Gasteiger partial charge in [0, 0.05) is 18.7 Å². The van der Waals surface area contributed by atoms with Gasteiger partial charge < -0.3 is 19.9 Å². The van der Waals surface area contributed by atoms with Crippen LogP contribution in [0, 0.1) is 0 Å². The fourth-order valence-electron chi connectivity index (χ4n) is 1.88. The fraction of sp³-hybridized carbons (Fsp3) is 0.143. The zero-order valence-electron chi connectivity index (χ0n) is 10.5. The summed E-state index contributed by atoms with van der Waals surface area (Å²) in [7, 11) is 0. The molecule has 2 aromatic rings. The van der Waals surface area contributed by atoms with Gasteiger partial charge in [-0.1, -0.05) is 6.07 Å². The SMILES string of the molecule is O=C(O)c1cccc(NCCc2ccco2)c1C(=O)O. The van der Waals surface area contributed by atoms with Gasteiger partial charge in [0.1, 0.15) is 5.76 Å². The van der Waals surface area contributed by atoms with Gasteiger partial charge in [-0.2, -0.15) is 0 Å². The van der Waals surface area contributed by atoms with Crippen LogP contribution in [0.4, 0.5) is 5.69 Å². The third kappa shape index (κ3) is 2.97. The number of rotatable bonds is 6. The Kier molecular flexibility index (Phi) is 4.05. The summed E-state index contributed by atoms with van der Waals surface area (Å²) in [6.45, 7) is 0.441. The zero-order chi connectivity index (χ0) is 14.5. The summed E-state index contributed by atoms with van der Waals surface area (Å²) >= 11 is 0. The molecule has 2 rings (SSSR count). The van der Waals surface area contributed by atoms with Crippen LogP contribution in [0.15, 0.2) is 41.0 Å². The Labute approximate surface area is 114 Å². The van der Waals surface area contributed by atoms with Crippen LogP contribution in [0.1, 0.15) is 26.5 Å². The quantitative estimate of drug-likeness (QED) is 0.748. The van der Waals surface area contributed by atoms with Crippen LogP contribution in [0.5, 0.6) is 0 Å². The Morgan fingerprint density at radius 3 is 2.50 bits per heavy atom. The molecule has 1 aromatic heterocycles. The highest BCUT2D eigenvalue weighted by molar-refractivity contribution is 6.05. The summed E-state index contributed by atoms with van der Waals surface area (Å²) in [5.74, 6) is -1.77. The Balaban J connectivity index is 2.16. The predicted octanol–water partition coefficient (Wildman–Crippen LogP) is 2.33. The third-order valence-corrected chi connectivity index (χ3v) is 2.78. The van der Waals surface area contributed by atoms with Crippen molar-refractivity contribution in [3.63, 3.8) is 0 Å². The number of hydrogen-bond donors (Lipinski definition) is 3. The van der Waals surface area contributed by atoms with Gasteiger partial charge in [0.15, 0.2) is 0 Å². The number of aromatic carboxylic acids is 2. The Morgan fingerprint density at radius 1 is 1.10 bits per heavy atom. The van der Waals surface area contributed by atoms with E-state index in [1.807, 2.05) is 6.07 Å². The van der Waals surface area contributed by atoms with Crippen molar-refractivity contribution in [1.82, 2.24) is 0 Å². The Bertz CT molecular complexity index is 618. The smallest absolute Gasteiger partial charge is 0.338 e. The van der Waals surface area contributed by atoms with E-state index < -0.39 is 11.9 Å². The molecule has 0 aliphatic rings. The molecule has 6 nitrogen and oxygen atoms in total. The maximum absolute atomic E-state index is 11.2. The van der Waals surface area contributed by atoms with E-state index in [1.54, 1.807) is 12.3 Å². The van der Waals surface area contributed by atoms with E-state index in [4.69, 9.17) is 14.6 Å². The molecule has 3 N–H and O–H groups in total. The van der Waals surface area contributed by atoms with E-state index in [9.17, 15) is 9.59 Å². The van der Waals surface area contributed by atoms with Crippen LogP contribution in [0.3, 0.4) is 0 Å². The number of furan rings is 1. The number of nitrogens with one attached hydrogen (secondary N) is 1. The largest absolute Gasteiger partial charge is 0.478 e. The van der Waals surface area contributed by atoms with Crippen LogP contribution in [0.25, 0.3) is 0 Å². The standard InChI is InChI=1S/C14H13NO5/c16-13(17)10-4-1-5-11(12(10)14(18)19)15-7-6-9-3-2-8-20-9/h1-5,8,15H,6-7H2,(H,16,17)(H,18,19). The van der Waals surface area contributed by atoms with Crippen molar-refractivity contribution in [3.05, 3.63) is 53.5 Å². The molecule has 0 fully saturated rings. The topological polar surface area (TPSA) is 99.8 Å². The van der Waals surface area contributed by atoms with Gasteiger partial charge in [0.2, 0.25) is 0 Å². The van der Waals surface area contributed by atoms with Crippen LogP contribution < -0.4 is 5.32 Å². The maximum Gasteiger partial charge on any atom is 0.338 e. The van der Waals surface area contributed by atoms with E-state index in [-0.39, 0.29) is 16.8 Å². The van der Waals surface area contributed by atoms with Crippen LogP contribution >= 0.6 is 0 Å². The van der Waals surface area contributed by atoms with Crippen molar-refractivity contribution < 1.29 is 24.2 Å². The predicted molar refractivity (Wildman–Crippen MR) is 71.3 cm³/mol. The minimum Gasteiger partial charge on any atom is -0.478 e. The highest BCUT2D eigenvalue weighted by Crippen LogP contribution is 2.20. The van der Waals surface area contributed by atoms with Crippen molar-refractivity contribution in [2.45, 2.75) is 6.42 Å². The number of carboxylic acid groups (broad SMARTS) is 2. The van der Waals surface area contributed by atoms with Gasteiger partial charge in [0.05, 0.1) is 17.4 Å². The van der Waals surface area contributed by atoms with Gasteiger partial charge in [-0.3, -0.25) is 0 Å². The number of benzene rings is 1. The van der Waals surface area contributed by atoms with E-state index in [0.717, 1.165) is 5.76 Å². The molecule has 0 unspecified atom stereocenters. The highest BCUT2D eigenvalue weighted by Gasteiger charge is 2.19. The number of anilines is 1. The highest BCUT2D eigenvalue weighted by atomic mass is 16.4. The zero-order valence-corrected chi connectivity index (χ0v) is 10.5. The summed E-state index contributed by atoms with van der Waals surface area (Å²) in [5, 5.41) is 21.1. The second-order valence-corrected chi connectivity index (χ2v) is 4.09. The van der Waals surface area contributed by atoms with Crippen LogP contribution in [0.2, 0.25) is 0 Å². The summed E-state index contributed by atoms with van der Waals surface area (Å²) in [4.78, 5) is 22.2. The third-order valence-electron chi connectivity index (χ3n) is 2.78. The molecule has 0 bridgehead atoms. The summed E-state index contributed by atoms with van der Waals surface area (Å²) in [6.07, 6.45) is 2.13. The normalized spacial score (nSPS) is 10.2. The molecule has 6 heteroatoms. The number of hydrogen-bond acceptors (Lipinski definition) is 4. The molecule has 0 amide bonds. The maximum atomic E-state index is 11.2. The molecule has 0 spiro atoms. The summed E-state index contributed by atoms with van der Waals surface area (Å²) < 4.78 is 5.16. The average Bonchev–Trinajstić information content (AvgIpc) is 2.91. The first-order chi connectivity index (χ1) is 9.59. The van der Waals surface area contributed by atoms with E-state index >= 15 is 0 Å². The van der Waals surface area contributed by atoms with Gasteiger partial charge in [-0.25, -0.2) is 9.59 Å². The van der Waals surface area contributed by atoms with Crippen molar-refractivity contribution in [1.29, 1.82) is 0 Å². The van der Waals surface area contributed by atoms with Crippen molar-refractivity contribution >= 4 is 17.6 Å². The lowest BCUT2D eigenvalue weighted by atomic mass is 10.1. The second-order valence-electron chi connectivity index (χ2n) is 4.09. The monoisotopic (exact) mass is 275 g/mol. The van der Waals surface area contributed by atoms with Crippen LogP contribution in [-0.2, 0) is 6.42 Å². The minimum absolute atomic E-state index is 0.236. The Morgan fingerprint density at radius 2 is 1.90 bits per heavy atom. The summed E-state index contributed by atoms with van der Waals surface area (Å²) in [5.41, 5.74) is -0.191. The van der Waals surface area contributed by atoms with Gasteiger partial charge in [-0.05, 0) is 24.3 Å². The summed E-state index contributed by atoms with van der Waals surface area (Å²) in [6, 6.07) is 7.89. The molecule has 104 valence electrons. The molecule has 1 aromatic carbocycles. The van der Waals surface area contributed by atoms with Gasteiger partial charge in [0.25, 0.3) is 0 Å². The van der Waals surface area contributed by atoms with Crippen molar-refractivity contribution in [2.24, 2.45) is 0 Å². The molecule has 0 atom stereocenters. The van der Waals surface area contributed by atoms with Gasteiger partial charge >= 0.3 is 11.9 Å². The van der Waals surface area contributed by atoms with E-state index in [0.29, 0.717) is 13.0 Å². The van der Waals surface area contributed by atoms with Crippen molar-refractivity contribution in [3.8, 4) is 0 Å². The molecule has 0 radical (unpaired) electrons. The molecule has 1 heterocycles. The molecule has 0 saturated carbocycles. The average molecular weight is 275 g/mol. The first-order valence-electron chi connectivity index (χ1n) is 5.95. The lowest BCUT2D eigenvalue weighted by molar-refractivity contribution is 0.0652. The molecule has 0 saturated heterocycles. The lowest BCUT2D eigenvalue weighted by Crippen LogP contribution is -2.14. The van der Waals surface area contributed by atoms with Gasteiger partial charge in [-0.15, -0.1) is 0 Å². The molecule has 0 aliphatic carbocycles. The van der Waals surface area contributed by atoms with Crippen LogP contribution in [-0.4, -0.2) is 28.7 Å². The lowest BCUT2D eigenvalue weighted by Gasteiger charge is -2.11. The van der Waals surface area contributed by atoms with E-state index in [2.05, 4.69) is 5.32 Å². The molecule has 0 aliphatic heterocycles. The van der Waals surface area contributed by atoms with Crippen molar-refractivity contribution in [2.75, 3.05) is 11.9 Å². The molecular formula is C14H13NO5.